The van der Waals surface area contributed by atoms with Crippen molar-refractivity contribution in [3.63, 3.8) is 0 Å². The largest absolute Gasteiger partial charge is 0.381 e. The first kappa shape index (κ1) is 9.68. The first-order chi connectivity index (χ1) is 6.72. The quantitative estimate of drug-likeness (QED) is 0.789. The van der Waals surface area contributed by atoms with E-state index in [-0.39, 0.29) is 6.04 Å². The minimum Gasteiger partial charge on any atom is -0.381 e. The van der Waals surface area contributed by atoms with Crippen molar-refractivity contribution in [2.75, 3.05) is 7.11 Å². The summed E-state index contributed by atoms with van der Waals surface area (Å²) in [6.07, 6.45) is 6.29. The highest BCUT2D eigenvalue weighted by molar-refractivity contribution is 5.06. The first-order valence-corrected chi connectivity index (χ1v) is 5.02. The Morgan fingerprint density at radius 3 is 2.93 bits per heavy atom. The minimum absolute atomic E-state index is 0.0547. The molecule has 0 spiro atoms. The van der Waals surface area contributed by atoms with E-state index in [4.69, 9.17) is 10.5 Å². The molecule has 1 saturated carbocycles. The Hall–Kier alpha value is -0.870. The van der Waals surface area contributed by atoms with Gasteiger partial charge in [0.1, 0.15) is 0 Å². The zero-order valence-corrected chi connectivity index (χ0v) is 8.68. The highest BCUT2D eigenvalue weighted by Crippen LogP contribution is 2.35. The lowest BCUT2D eigenvalue weighted by Crippen LogP contribution is -2.33. The van der Waals surface area contributed by atoms with E-state index in [0.717, 1.165) is 18.5 Å². The van der Waals surface area contributed by atoms with Crippen LogP contribution >= 0.6 is 0 Å². The number of hydrogen-bond donors (Lipinski definition) is 1. The van der Waals surface area contributed by atoms with Crippen molar-refractivity contribution in [3.05, 3.63) is 18.2 Å². The van der Waals surface area contributed by atoms with Crippen molar-refractivity contribution in [2.24, 2.45) is 5.73 Å². The Morgan fingerprint density at radius 2 is 2.36 bits per heavy atom. The summed E-state index contributed by atoms with van der Waals surface area (Å²) in [7, 11) is 1.77. The molecule has 1 aliphatic rings. The minimum atomic E-state index is 0.0547. The van der Waals surface area contributed by atoms with Crippen LogP contribution < -0.4 is 5.73 Å². The van der Waals surface area contributed by atoms with Crippen LogP contribution in [-0.4, -0.2) is 22.8 Å². The van der Waals surface area contributed by atoms with Gasteiger partial charge in [-0.3, -0.25) is 0 Å². The van der Waals surface area contributed by atoms with Crippen molar-refractivity contribution in [2.45, 2.75) is 38.0 Å². The molecule has 2 N–H and O–H groups in total. The fourth-order valence-corrected chi connectivity index (χ4v) is 1.93. The summed E-state index contributed by atoms with van der Waals surface area (Å²) >= 11 is 0. The number of imidazole rings is 1. The van der Waals surface area contributed by atoms with E-state index in [0.29, 0.717) is 12.1 Å². The number of methoxy groups -OCH3 is 1. The smallest absolute Gasteiger partial charge is 0.0951 e. The Kier molecular flexibility index (Phi) is 2.56. The second kappa shape index (κ2) is 3.71. The maximum atomic E-state index is 5.85. The van der Waals surface area contributed by atoms with E-state index >= 15 is 0 Å². The van der Waals surface area contributed by atoms with Crippen LogP contribution in [0.1, 0.15) is 37.5 Å². The Bertz CT molecular complexity index is 302. The van der Waals surface area contributed by atoms with E-state index in [1.807, 2.05) is 19.4 Å². The zero-order chi connectivity index (χ0) is 10.1. The maximum Gasteiger partial charge on any atom is 0.0951 e. The van der Waals surface area contributed by atoms with Crippen molar-refractivity contribution in [1.29, 1.82) is 0 Å². The molecule has 1 aliphatic carbocycles. The Labute approximate surface area is 84.1 Å². The van der Waals surface area contributed by atoms with Crippen LogP contribution in [0.25, 0.3) is 0 Å². The lowest BCUT2D eigenvalue weighted by Gasteiger charge is -2.36. The number of hydrogen-bond acceptors (Lipinski definition) is 3. The van der Waals surface area contributed by atoms with Gasteiger partial charge in [0.05, 0.1) is 18.1 Å². The molecule has 14 heavy (non-hydrogen) atoms. The van der Waals surface area contributed by atoms with Gasteiger partial charge in [0, 0.05) is 25.4 Å². The Balaban J connectivity index is 2.07. The summed E-state index contributed by atoms with van der Waals surface area (Å²) in [4.78, 5) is 4.14. The number of nitrogens with zero attached hydrogens (tertiary/aromatic N) is 2. The van der Waals surface area contributed by atoms with Crippen molar-refractivity contribution in [3.8, 4) is 0 Å². The van der Waals surface area contributed by atoms with Crippen LogP contribution in [0.3, 0.4) is 0 Å². The standard InChI is InChI=1S/C10H17N3O/c1-7(11)10-5-12-6-13(10)8-3-9(4-8)14-2/h5-9H,3-4,11H2,1-2H3. The number of ether oxygens (including phenoxy) is 1. The molecule has 1 unspecified atom stereocenters. The lowest BCUT2D eigenvalue weighted by molar-refractivity contribution is 0.00522. The highest BCUT2D eigenvalue weighted by atomic mass is 16.5. The summed E-state index contributed by atoms with van der Waals surface area (Å²) in [6, 6.07) is 0.586. The van der Waals surface area contributed by atoms with E-state index in [9.17, 15) is 0 Å². The summed E-state index contributed by atoms with van der Waals surface area (Å²) in [6.45, 7) is 1.99. The van der Waals surface area contributed by atoms with Gasteiger partial charge in [-0.05, 0) is 19.8 Å². The van der Waals surface area contributed by atoms with Gasteiger partial charge >= 0.3 is 0 Å². The summed E-state index contributed by atoms with van der Waals surface area (Å²) < 4.78 is 7.43. The van der Waals surface area contributed by atoms with Crippen LogP contribution in [0, 0.1) is 0 Å². The topological polar surface area (TPSA) is 53.1 Å². The van der Waals surface area contributed by atoms with Crippen molar-refractivity contribution >= 4 is 0 Å². The molecule has 78 valence electrons. The average Bonchev–Trinajstić information content (AvgIpc) is 2.50. The third-order valence-electron chi connectivity index (χ3n) is 2.96. The van der Waals surface area contributed by atoms with Crippen LogP contribution in [0.4, 0.5) is 0 Å². The van der Waals surface area contributed by atoms with Crippen molar-refractivity contribution < 1.29 is 4.74 Å². The molecule has 0 aromatic carbocycles. The molecule has 0 amide bonds. The summed E-state index contributed by atoms with van der Waals surface area (Å²) in [5.41, 5.74) is 6.97. The lowest BCUT2D eigenvalue weighted by atomic mass is 9.88. The molecule has 0 saturated heterocycles. The van der Waals surface area contributed by atoms with Crippen LogP contribution in [0.15, 0.2) is 12.5 Å². The summed E-state index contributed by atoms with van der Waals surface area (Å²) in [5, 5.41) is 0. The third kappa shape index (κ3) is 1.55. The molecular formula is C10H17N3O. The van der Waals surface area contributed by atoms with Gasteiger partial charge in [-0.25, -0.2) is 4.98 Å². The van der Waals surface area contributed by atoms with Gasteiger partial charge in [0.25, 0.3) is 0 Å². The van der Waals surface area contributed by atoms with E-state index in [1.165, 1.54) is 0 Å². The molecule has 1 aromatic rings. The third-order valence-corrected chi connectivity index (χ3v) is 2.96. The van der Waals surface area contributed by atoms with Crippen LogP contribution in [0.5, 0.6) is 0 Å². The predicted molar refractivity (Wildman–Crippen MR) is 53.9 cm³/mol. The molecule has 2 rings (SSSR count). The molecule has 1 aromatic heterocycles. The molecule has 4 heteroatoms. The van der Waals surface area contributed by atoms with Crippen LogP contribution in [-0.2, 0) is 4.74 Å². The van der Waals surface area contributed by atoms with E-state index in [1.54, 1.807) is 7.11 Å². The molecule has 0 aliphatic heterocycles. The average molecular weight is 195 g/mol. The molecule has 1 fully saturated rings. The number of rotatable bonds is 3. The van der Waals surface area contributed by atoms with Gasteiger partial charge < -0.3 is 15.0 Å². The van der Waals surface area contributed by atoms with Gasteiger partial charge in [0.15, 0.2) is 0 Å². The summed E-state index contributed by atoms with van der Waals surface area (Å²) in [5.74, 6) is 0. The van der Waals surface area contributed by atoms with Gasteiger partial charge in [0.2, 0.25) is 0 Å². The molecule has 4 nitrogen and oxygen atoms in total. The van der Waals surface area contributed by atoms with Gasteiger partial charge in [-0.1, -0.05) is 0 Å². The maximum absolute atomic E-state index is 5.85. The Morgan fingerprint density at radius 1 is 1.64 bits per heavy atom. The number of aromatic nitrogens is 2. The van der Waals surface area contributed by atoms with E-state index in [2.05, 4.69) is 9.55 Å². The van der Waals surface area contributed by atoms with Gasteiger partial charge in [-0.2, -0.15) is 0 Å². The zero-order valence-electron chi connectivity index (χ0n) is 8.68. The van der Waals surface area contributed by atoms with Crippen LogP contribution in [0.2, 0.25) is 0 Å². The molecule has 1 atom stereocenters. The monoisotopic (exact) mass is 195 g/mol. The second-order valence-electron chi connectivity index (χ2n) is 4.00. The van der Waals surface area contributed by atoms with Gasteiger partial charge in [-0.15, -0.1) is 0 Å². The second-order valence-corrected chi connectivity index (χ2v) is 4.00. The van der Waals surface area contributed by atoms with Crippen molar-refractivity contribution in [1.82, 2.24) is 9.55 Å². The molecular weight excluding hydrogens is 178 g/mol. The SMILES string of the molecule is COC1CC(n2cncc2C(C)N)C1. The predicted octanol–water partition coefficient (Wildman–Crippen LogP) is 1.25. The van der Waals surface area contributed by atoms with E-state index < -0.39 is 0 Å². The number of nitrogens with two attached hydrogens (primary N) is 1. The fraction of sp³-hybridized carbons (Fsp3) is 0.700. The first-order valence-electron chi connectivity index (χ1n) is 5.02. The highest BCUT2D eigenvalue weighted by Gasteiger charge is 2.31. The molecule has 0 radical (unpaired) electrons. The molecule has 1 heterocycles. The normalized spacial score (nSPS) is 28.5. The fourth-order valence-electron chi connectivity index (χ4n) is 1.93. The molecule has 0 bridgehead atoms.